The number of Topliss-reactive ketones (excluding diaryl/α,β-unsaturated/α-hetero) is 1. The Kier molecular flexibility index (Phi) is 4.85. The van der Waals surface area contributed by atoms with Crippen molar-refractivity contribution in [2.75, 3.05) is 4.90 Å². The quantitative estimate of drug-likeness (QED) is 0.232. The van der Waals surface area contributed by atoms with E-state index in [1.54, 1.807) is 60.7 Å². The summed E-state index contributed by atoms with van der Waals surface area (Å²) in [5.41, 5.74) is 1.21. The monoisotopic (exact) mass is 400 g/mol. The zero-order chi connectivity index (χ0) is 21.3. The number of aliphatic hydroxyl groups excluding tert-OH is 1. The Bertz CT molecular complexity index is 1160. The van der Waals surface area contributed by atoms with Crippen molar-refractivity contribution in [2.45, 2.75) is 6.04 Å². The summed E-state index contributed by atoms with van der Waals surface area (Å²) in [7, 11) is 0. The number of carbonyl (C=O) groups excluding carboxylic acids is 2. The van der Waals surface area contributed by atoms with Crippen molar-refractivity contribution in [1.82, 2.24) is 0 Å². The van der Waals surface area contributed by atoms with Crippen molar-refractivity contribution in [1.29, 1.82) is 0 Å². The molecule has 1 saturated heterocycles. The third-order valence-corrected chi connectivity index (χ3v) is 4.95. The third-order valence-electron chi connectivity index (χ3n) is 4.95. The maximum atomic E-state index is 13.0. The first-order valence-corrected chi connectivity index (χ1v) is 9.15. The van der Waals surface area contributed by atoms with Gasteiger partial charge in [-0.3, -0.25) is 24.6 Å². The fourth-order valence-electron chi connectivity index (χ4n) is 3.54. The molecule has 0 saturated carbocycles. The molecule has 1 aliphatic heterocycles. The fraction of sp³-hybridized carbons (Fsp3) is 0.0435. The molecule has 1 atom stereocenters. The lowest BCUT2D eigenvalue weighted by atomic mass is 9.95. The van der Waals surface area contributed by atoms with Gasteiger partial charge >= 0.3 is 0 Å². The van der Waals surface area contributed by atoms with Gasteiger partial charge in [0.05, 0.1) is 16.5 Å². The number of hydrogen-bond acceptors (Lipinski definition) is 5. The molecule has 7 heteroatoms. The second-order valence-corrected chi connectivity index (χ2v) is 6.72. The zero-order valence-corrected chi connectivity index (χ0v) is 15.6. The maximum Gasteiger partial charge on any atom is 0.300 e. The van der Waals surface area contributed by atoms with Gasteiger partial charge in [-0.1, -0.05) is 60.7 Å². The van der Waals surface area contributed by atoms with Crippen LogP contribution in [0.25, 0.3) is 5.76 Å². The van der Waals surface area contributed by atoms with E-state index < -0.39 is 22.7 Å². The number of aliphatic hydroxyl groups is 1. The molecule has 7 nitrogen and oxygen atoms in total. The van der Waals surface area contributed by atoms with Crippen LogP contribution in [0.2, 0.25) is 0 Å². The van der Waals surface area contributed by atoms with E-state index in [4.69, 9.17) is 0 Å². The normalized spacial score (nSPS) is 17.9. The second kappa shape index (κ2) is 7.63. The summed E-state index contributed by atoms with van der Waals surface area (Å²) < 4.78 is 0. The van der Waals surface area contributed by atoms with Gasteiger partial charge in [-0.25, -0.2) is 0 Å². The molecule has 3 aromatic rings. The van der Waals surface area contributed by atoms with E-state index in [-0.39, 0.29) is 17.0 Å². The first-order chi connectivity index (χ1) is 14.5. The predicted octanol–water partition coefficient (Wildman–Crippen LogP) is 4.22. The molecule has 3 aromatic carbocycles. The molecule has 0 aromatic heterocycles. The summed E-state index contributed by atoms with van der Waals surface area (Å²) in [6.45, 7) is 0. The predicted molar refractivity (Wildman–Crippen MR) is 111 cm³/mol. The number of non-ortho nitro benzene ring substituents is 1. The largest absolute Gasteiger partial charge is 0.507 e. The van der Waals surface area contributed by atoms with Crippen molar-refractivity contribution < 1.29 is 19.6 Å². The SMILES string of the molecule is O=C1C(=O)N(c2ccc([N+](=O)[O-])cc2)[C@H](c2ccccc2)/C1=C(\O)c1ccccc1. The summed E-state index contributed by atoms with van der Waals surface area (Å²) in [6, 6.07) is 21.9. The van der Waals surface area contributed by atoms with E-state index >= 15 is 0 Å². The Morgan fingerprint density at radius 1 is 0.867 bits per heavy atom. The molecule has 0 radical (unpaired) electrons. The lowest BCUT2D eigenvalue weighted by molar-refractivity contribution is -0.384. The Morgan fingerprint density at radius 3 is 2.00 bits per heavy atom. The van der Waals surface area contributed by atoms with Crippen molar-refractivity contribution in [3.63, 3.8) is 0 Å². The van der Waals surface area contributed by atoms with Gasteiger partial charge in [-0.05, 0) is 17.7 Å². The van der Waals surface area contributed by atoms with Crippen molar-refractivity contribution >= 4 is 28.8 Å². The average Bonchev–Trinajstić information content (AvgIpc) is 3.05. The number of nitrogens with zero attached hydrogens (tertiary/aromatic N) is 2. The maximum absolute atomic E-state index is 13.0. The van der Waals surface area contributed by atoms with Gasteiger partial charge in [0.1, 0.15) is 5.76 Å². The van der Waals surface area contributed by atoms with Crippen molar-refractivity contribution in [3.05, 3.63) is 112 Å². The number of benzene rings is 3. The number of carbonyl (C=O) groups is 2. The third kappa shape index (κ3) is 3.22. The molecule has 1 fully saturated rings. The number of hydrogen-bond donors (Lipinski definition) is 1. The van der Waals surface area contributed by atoms with E-state index in [1.165, 1.54) is 29.2 Å². The van der Waals surface area contributed by atoms with E-state index in [0.717, 1.165) is 0 Å². The molecule has 1 N–H and O–H groups in total. The highest BCUT2D eigenvalue weighted by Crippen LogP contribution is 2.42. The van der Waals surface area contributed by atoms with Crippen LogP contribution in [-0.2, 0) is 9.59 Å². The summed E-state index contributed by atoms with van der Waals surface area (Å²) in [5.74, 6) is -1.90. The van der Waals surface area contributed by atoms with Crippen molar-refractivity contribution in [2.24, 2.45) is 0 Å². The number of nitro benzene ring substituents is 1. The summed E-state index contributed by atoms with van der Waals surface area (Å²) >= 11 is 0. The van der Waals surface area contributed by atoms with E-state index in [0.29, 0.717) is 16.8 Å². The number of ketones is 1. The van der Waals surface area contributed by atoms with Gasteiger partial charge in [-0.2, -0.15) is 0 Å². The minimum atomic E-state index is -0.868. The Labute approximate surface area is 171 Å². The zero-order valence-electron chi connectivity index (χ0n) is 15.6. The van der Waals surface area contributed by atoms with Crippen LogP contribution in [0.3, 0.4) is 0 Å². The molecule has 4 rings (SSSR count). The van der Waals surface area contributed by atoms with Crippen LogP contribution in [0, 0.1) is 10.1 Å². The second-order valence-electron chi connectivity index (χ2n) is 6.72. The molecule has 30 heavy (non-hydrogen) atoms. The Morgan fingerprint density at radius 2 is 1.43 bits per heavy atom. The minimum absolute atomic E-state index is 0.0317. The van der Waals surface area contributed by atoms with E-state index in [9.17, 15) is 24.8 Å². The molecule has 1 heterocycles. The van der Waals surface area contributed by atoms with Crippen LogP contribution in [0.15, 0.2) is 90.5 Å². The molecular formula is C23H16N2O5. The number of rotatable bonds is 4. The van der Waals surface area contributed by atoms with Gasteiger partial charge < -0.3 is 5.11 Å². The van der Waals surface area contributed by atoms with Crippen LogP contribution in [0.1, 0.15) is 17.2 Å². The minimum Gasteiger partial charge on any atom is -0.507 e. The molecule has 0 bridgehead atoms. The smallest absolute Gasteiger partial charge is 0.300 e. The molecule has 0 spiro atoms. The molecule has 0 unspecified atom stereocenters. The number of anilines is 1. The number of nitro groups is 1. The number of amides is 1. The van der Waals surface area contributed by atoms with Crippen LogP contribution in [0.5, 0.6) is 0 Å². The lowest BCUT2D eigenvalue weighted by Gasteiger charge is -2.25. The first kappa shape index (κ1) is 19.1. The average molecular weight is 400 g/mol. The van der Waals surface area contributed by atoms with Crippen molar-refractivity contribution in [3.8, 4) is 0 Å². The molecule has 0 aliphatic carbocycles. The van der Waals surface area contributed by atoms with Gasteiger partial charge in [0.2, 0.25) is 0 Å². The van der Waals surface area contributed by atoms with E-state index in [1.807, 2.05) is 0 Å². The van der Waals surface area contributed by atoms with Gasteiger partial charge in [-0.15, -0.1) is 0 Å². The highest BCUT2D eigenvalue weighted by Gasteiger charge is 2.46. The lowest BCUT2D eigenvalue weighted by Crippen LogP contribution is -2.29. The van der Waals surface area contributed by atoms with Gasteiger partial charge in [0.15, 0.2) is 0 Å². The molecule has 1 amide bonds. The van der Waals surface area contributed by atoms with Crippen LogP contribution in [0.4, 0.5) is 11.4 Å². The molecule has 1 aliphatic rings. The van der Waals surface area contributed by atoms with E-state index in [2.05, 4.69) is 0 Å². The van der Waals surface area contributed by atoms with Crippen LogP contribution >= 0.6 is 0 Å². The van der Waals surface area contributed by atoms with Crippen LogP contribution in [-0.4, -0.2) is 21.7 Å². The van der Waals surface area contributed by atoms with Gasteiger partial charge in [0, 0.05) is 23.4 Å². The van der Waals surface area contributed by atoms with Crippen LogP contribution < -0.4 is 4.90 Å². The highest BCUT2D eigenvalue weighted by molar-refractivity contribution is 6.51. The first-order valence-electron chi connectivity index (χ1n) is 9.15. The topological polar surface area (TPSA) is 101 Å². The summed E-state index contributed by atoms with van der Waals surface area (Å²) in [5, 5.41) is 21.9. The Hall–Kier alpha value is -4.26. The van der Waals surface area contributed by atoms with Gasteiger partial charge in [0.25, 0.3) is 17.4 Å². The molecular weight excluding hydrogens is 384 g/mol. The Balaban J connectivity index is 1.91. The summed E-state index contributed by atoms with van der Waals surface area (Å²) in [6.07, 6.45) is 0. The summed E-state index contributed by atoms with van der Waals surface area (Å²) in [4.78, 5) is 37.6. The standard InChI is InChI=1S/C23H16N2O5/c26-21(16-9-5-2-6-10-16)19-20(15-7-3-1-4-8-15)24(23(28)22(19)27)17-11-13-18(14-12-17)25(29)30/h1-14,20,26H/b21-19+/t20-/m1/s1. The fourth-order valence-corrected chi connectivity index (χ4v) is 3.54. The molecule has 148 valence electrons. The highest BCUT2D eigenvalue weighted by atomic mass is 16.6.